The van der Waals surface area contributed by atoms with Crippen LogP contribution in [0.4, 0.5) is 0 Å². The van der Waals surface area contributed by atoms with E-state index in [0.717, 1.165) is 11.1 Å². The highest BCUT2D eigenvalue weighted by atomic mass is 16.6. The van der Waals surface area contributed by atoms with E-state index in [0.29, 0.717) is 0 Å². The average Bonchev–Trinajstić information content (AvgIpc) is 2.56. The van der Waals surface area contributed by atoms with E-state index in [4.69, 9.17) is 10.0 Å². The van der Waals surface area contributed by atoms with Crippen molar-refractivity contribution in [3.63, 3.8) is 0 Å². The lowest BCUT2D eigenvalue weighted by molar-refractivity contribution is 0.0233. The molecule has 0 heterocycles. The van der Waals surface area contributed by atoms with Gasteiger partial charge in [-0.25, -0.2) is 11.0 Å². The van der Waals surface area contributed by atoms with Crippen LogP contribution >= 0.6 is 0 Å². The first-order valence-electron chi connectivity index (χ1n) is 6.62. The van der Waals surface area contributed by atoms with Crippen molar-refractivity contribution in [2.75, 3.05) is 0 Å². The molecular weight excluding hydrogens is 284 g/mol. The van der Waals surface area contributed by atoms with Gasteiger partial charge in [-0.1, -0.05) is 35.9 Å². The maximum absolute atomic E-state index is 11.9. The Balaban J connectivity index is 1.92. The molecule has 6 nitrogen and oxygen atoms in total. The molecule has 0 aliphatic rings. The van der Waals surface area contributed by atoms with Gasteiger partial charge in [0.2, 0.25) is 0 Å². The molecule has 2 rings (SSSR count). The Kier molecular flexibility index (Phi) is 5.24. The number of rotatable bonds is 5. The lowest BCUT2D eigenvalue weighted by atomic mass is 10.1. The molecule has 0 unspecified atom stereocenters. The summed E-state index contributed by atoms with van der Waals surface area (Å²) in [7, 11) is 0. The van der Waals surface area contributed by atoms with Gasteiger partial charge in [0.25, 0.3) is 11.8 Å². The first kappa shape index (κ1) is 15.7. The molecular formula is C16H16N2O4. The summed E-state index contributed by atoms with van der Waals surface area (Å²) < 4.78 is 0. The topological polar surface area (TPSA) is 87.7 Å². The van der Waals surface area contributed by atoms with E-state index in [9.17, 15) is 9.59 Å². The maximum atomic E-state index is 11.9. The fourth-order valence-corrected chi connectivity index (χ4v) is 1.79. The highest BCUT2D eigenvalue weighted by Gasteiger charge is 2.10. The first-order chi connectivity index (χ1) is 10.6. The summed E-state index contributed by atoms with van der Waals surface area (Å²) in [6.45, 7) is 2.23. The summed E-state index contributed by atoms with van der Waals surface area (Å²) in [4.78, 5) is 28.4. The standard InChI is InChI=1S/C16H16N2O4/c1-11-5-7-12(8-6-11)10-22-18-16(20)14-4-2-3-13(9-14)15(19)17-21/h2-9,21H,10H2,1H3,(H,17,19)(H,18,20). The highest BCUT2D eigenvalue weighted by molar-refractivity contribution is 5.98. The predicted molar refractivity (Wildman–Crippen MR) is 79.1 cm³/mol. The van der Waals surface area contributed by atoms with Crippen molar-refractivity contribution in [1.29, 1.82) is 0 Å². The number of nitrogens with one attached hydrogen (secondary N) is 2. The molecule has 114 valence electrons. The van der Waals surface area contributed by atoms with Crippen molar-refractivity contribution in [1.82, 2.24) is 11.0 Å². The monoisotopic (exact) mass is 300 g/mol. The zero-order chi connectivity index (χ0) is 15.9. The third-order valence-corrected chi connectivity index (χ3v) is 3.01. The SMILES string of the molecule is Cc1ccc(CONC(=O)c2cccc(C(=O)NO)c2)cc1. The van der Waals surface area contributed by atoms with E-state index in [-0.39, 0.29) is 17.7 Å². The largest absolute Gasteiger partial charge is 0.288 e. The third kappa shape index (κ3) is 4.15. The summed E-state index contributed by atoms with van der Waals surface area (Å²) in [5.74, 6) is -1.16. The maximum Gasteiger partial charge on any atom is 0.274 e. The number of hydroxylamine groups is 2. The molecule has 0 atom stereocenters. The number of hydrogen-bond acceptors (Lipinski definition) is 4. The molecule has 2 amide bonds. The Morgan fingerprint density at radius 2 is 1.68 bits per heavy atom. The van der Waals surface area contributed by atoms with Crippen LogP contribution in [-0.2, 0) is 11.4 Å². The van der Waals surface area contributed by atoms with Crippen molar-refractivity contribution in [3.8, 4) is 0 Å². The van der Waals surface area contributed by atoms with Crippen LogP contribution in [0.25, 0.3) is 0 Å². The fraction of sp³-hybridized carbons (Fsp3) is 0.125. The number of aryl methyl sites for hydroxylation is 1. The molecule has 3 N–H and O–H groups in total. The van der Waals surface area contributed by atoms with Gasteiger partial charge in [0, 0.05) is 11.1 Å². The number of amides is 2. The molecule has 2 aromatic rings. The molecule has 0 aliphatic carbocycles. The Hall–Kier alpha value is -2.70. The molecule has 0 spiro atoms. The number of carbonyl (C=O) groups excluding carboxylic acids is 2. The van der Waals surface area contributed by atoms with Crippen LogP contribution in [0.3, 0.4) is 0 Å². The lowest BCUT2D eigenvalue weighted by Crippen LogP contribution is -2.24. The molecule has 2 aromatic carbocycles. The van der Waals surface area contributed by atoms with Gasteiger partial charge in [-0.15, -0.1) is 0 Å². The smallest absolute Gasteiger partial charge is 0.274 e. The molecule has 0 radical (unpaired) electrons. The van der Waals surface area contributed by atoms with Crippen molar-refractivity contribution in [2.45, 2.75) is 13.5 Å². The predicted octanol–water partition coefficient (Wildman–Crippen LogP) is 1.98. The van der Waals surface area contributed by atoms with E-state index in [1.807, 2.05) is 31.2 Å². The van der Waals surface area contributed by atoms with Gasteiger partial charge in [0.05, 0.1) is 6.61 Å². The first-order valence-corrected chi connectivity index (χ1v) is 6.62. The lowest BCUT2D eigenvalue weighted by Gasteiger charge is -2.07. The summed E-state index contributed by atoms with van der Waals surface area (Å²) in [6, 6.07) is 13.7. The molecule has 0 aliphatic heterocycles. The summed E-state index contributed by atoms with van der Waals surface area (Å²) >= 11 is 0. The quantitative estimate of drug-likeness (QED) is 0.582. The Bertz CT molecular complexity index is 668. The number of hydrogen-bond donors (Lipinski definition) is 3. The zero-order valence-corrected chi connectivity index (χ0v) is 12.0. The molecule has 22 heavy (non-hydrogen) atoms. The van der Waals surface area contributed by atoms with Gasteiger partial charge < -0.3 is 0 Å². The van der Waals surface area contributed by atoms with Gasteiger partial charge in [-0.2, -0.15) is 0 Å². The van der Waals surface area contributed by atoms with Crippen LogP contribution in [0.15, 0.2) is 48.5 Å². The van der Waals surface area contributed by atoms with E-state index < -0.39 is 11.8 Å². The summed E-state index contributed by atoms with van der Waals surface area (Å²) in [6.07, 6.45) is 0. The van der Waals surface area contributed by atoms with Crippen molar-refractivity contribution >= 4 is 11.8 Å². The second-order valence-electron chi connectivity index (χ2n) is 4.73. The molecule has 6 heteroatoms. The van der Waals surface area contributed by atoms with Gasteiger partial charge in [-0.05, 0) is 30.7 Å². The Labute approximate surface area is 127 Å². The average molecular weight is 300 g/mol. The summed E-state index contributed by atoms with van der Waals surface area (Å²) in [5.41, 5.74) is 6.33. The van der Waals surface area contributed by atoms with Crippen molar-refractivity contribution < 1.29 is 19.6 Å². The second kappa shape index (κ2) is 7.35. The minimum absolute atomic E-state index is 0.175. The van der Waals surface area contributed by atoms with Gasteiger partial charge in [0.15, 0.2) is 0 Å². The van der Waals surface area contributed by atoms with Crippen LogP contribution < -0.4 is 11.0 Å². The second-order valence-corrected chi connectivity index (χ2v) is 4.73. The van der Waals surface area contributed by atoms with Crippen molar-refractivity contribution in [3.05, 3.63) is 70.8 Å². The zero-order valence-electron chi connectivity index (χ0n) is 12.0. The minimum atomic E-state index is -0.685. The molecule has 0 bridgehead atoms. The van der Waals surface area contributed by atoms with Gasteiger partial charge >= 0.3 is 0 Å². The van der Waals surface area contributed by atoms with Crippen LogP contribution in [0.2, 0.25) is 0 Å². The normalized spacial score (nSPS) is 10.1. The van der Waals surface area contributed by atoms with Crippen molar-refractivity contribution in [2.24, 2.45) is 0 Å². The van der Waals surface area contributed by atoms with Crippen LogP contribution in [-0.4, -0.2) is 17.0 Å². The van der Waals surface area contributed by atoms with E-state index in [1.165, 1.54) is 17.6 Å². The van der Waals surface area contributed by atoms with E-state index in [2.05, 4.69) is 5.48 Å². The molecule has 0 saturated heterocycles. The minimum Gasteiger partial charge on any atom is -0.288 e. The van der Waals surface area contributed by atoms with Gasteiger partial charge in [0.1, 0.15) is 0 Å². The molecule has 0 saturated carbocycles. The van der Waals surface area contributed by atoms with Crippen LogP contribution in [0.1, 0.15) is 31.8 Å². The summed E-state index contributed by atoms with van der Waals surface area (Å²) in [5, 5.41) is 8.58. The third-order valence-electron chi connectivity index (χ3n) is 3.01. The highest BCUT2D eigenvalue weighted by Crippen LogP contribution is 2.06. The Morgan fingerprint density at radius 1 is 1.05 bits per heavy atom. The van der Waals surface area contributed by atoms with Crippen LogP contribution in [0, 0.1) is 6.92 Å². The molecule has 0 aromatic heterocycles. The number of carbonyl (C=O) groups is 2. The Morgan fingerprint density at radius 3 is 2.32 bits per heavy atom. The van der Waals surface area contributed by atoms with E-state index >= 15 is 0 Å². The number of benzene rings is 2. The van der Waals surface area contributed by atoms with E-state index in [1.54, 1.807) is 12.1 Å². The van der Waals surface area contributed by atoms with Crippen LogP contribution in [0.5, 0.6) is 0 Å². The van der Waals surface area contributed by atoms with Gasteiger partial charge in [-0.3, -0.25) is 19.6 Å². The fourth-order valence-electron chi connectivity index (χ4n) is 1.79. The molecule has 0 fully saturated rings.